The molecule has 2 unspecified atom stereocenters. The molecule has 456 valence electrons. The van der Waals surface area contributed by atoms with Gasteiger partial charge in [-0.05, 0) is 38.5 Å². The average Bonchev–Trinajstić information content (AvgIpc) is 3.40. The minimum atomic E-state index is -1.51. The molecular weight excluding hydrogens is 959 g/mol. The minimum Gasteiger partial charge on any atom is -0.477 e. The van der Waals surface area contributed by atoms with Crippen LogP contribution in [0, 0.1) is 0 Å². The Labute approximate surface area is 478 Å². The summed E-state index contributed by atoms with van der Waals surface area (Å²) in [5.74, 6) is -1.99. The number of nitrogens with zero attached hydrogens (tertiary/aromatic N) is 1. The van der Waals surface area contributed by atoms with Crippen molar-refractivity contribution in [2.45, 2.75) is 360 Å². The molecule has 0 saturated heterocycles. The largest absolute Gasteiger partial charge is 0.477 e. The predicted molar refractivity (Wildman–Crippen MR) is 328 cm³/mol. The molecule has 0 aliphatic rings. The fraction of sp³-hybridized carbons (Fsp3) is 0.926. The molecule has 77 heavy (non-hydrogen) atoms. The van der Waals surface area contributed by atoms with Gasteiger partial charge in [0.05, 0.1) is 34.4 Å². The third-order valence-corrected chi connectivity index (χ3v) is 15.5. The number of quaternary nitrogens is 1. The number of rotatable bonds is 64. The number of aliphatic carboxylic acids is 1. The van der Waals surface area contributed by atoms with Crippen molar-refractivity contribution in [2.24, 2.45) is 0 Å². The smallest absolute Gasteiger partial charge is 0.361 e. The Morgan fingerprint density at radius 3 is 0.961 bits per heavy atom. The van der Waals surface area contributed by atoms with E-state index in [1.807, 2.05) is 21.1 Å². The topological polar surface area (TPSA) is 108 Å². The number of unbranched alkanes of at least 4 members (excludes halogenated alkanes) is 47. The molecular formula is C68H132NO8+. The van der Waals surface area contributed by atoms with Gasteiger partial charge in [0.1, 0.15) is 13.2 Å². The Morgan fingerprint density at radius 1 is 0.377 bits per heavy atom. The van der Waals surface area contributed by atoms with Crippen LogP contribution in [0.2, 0.25) is 0 Å². The average molecular weight is 1090 g/mol. The monoisotopic (exact) mass is 1090 g/mol. The van der Waals surface area contributed by atoms with Gasteiger partial charge in [-0.1, -0.05) is 309 Å². The van der Waals surface area contributed by atoms with Crippen molar-refractivity contribution in [2.75, 3.05) is 47.5 Å². The summed E-state index contributed by atoms with van der Waals surface area (Å²) >= 11 is 0. The molecule has 0 bridgehead atoms. The fourth-order valence-corrected chi connectivity index (χ4v) is 10.3. The highest BCUT2D eigenvalue weighted by Gasteiger charge is 2.25. The lowest BCUT2D eigenvalue weighted by atomic mass is 10.0. The first-order valence-corrected chi connectivity index (χ1v) is 33.9. The van der Waals surface area contributed by atoms with Gasteiger partial charge in [-0.25, -0.2) is 4.79 Å². The number of carbonyl (C=O) groups is 3. The van der Waals surface area contributed by atoms with Crippen molar-refractivity contribution in [3.05, 3.63) is 12.2 Å². The molecule has 0 spiro atoms. The SMILES string of the molecule is CCCCCCC/C=C\CCCCCCCC(=O)OC(COC(=O)CCCCCCCCCCCCCCCCCCCCCCCCCCCCCCCCCCCCCCCC)COC(OCC[N+](C)(C)C)C(=O)O. The molecule has 0 radical (unpaired) electrons. The fourth-order valence-electron chi connectivity index (χ4n) is 10.3. The summed E-state index contributed by atoms with van der Waals surface area (Å²) in [6.45, 7) is 4.91. The van der Waals surface area contributed by atoms with Gasteiger partial charge in [0, 0.05) is 12.8 Å². The zero-order chi connectivity index (χ0) is 56.2. The first-order valence-electron chi connectivity index (χ1n) is 33.9. The summed E-state index contributed by atoms with van der Waals surface area (Å²) in [7, 11) is 5.98. The van der Waals surface area contributed by atoms with Gasteiger partial charge in [-0.3, -0.25) is 9.59 Å². The van der Waals surface area contributed by atoms with Crippen LogP contribution in [0.4, 0.5) is 0 Å². The number of esters is 2. The van der Waals surface area contributed by atoms with Gasteiger partial charge in [0.25, 0.3) is 6.29 Å². The van der Waals surface area contributed by atoms with Crippen LogP contribution >= 0.6 is 0 Å². The van der Waals surface area contributed by atoms with Crippen molar-refractivity contribution >= 4 is 17.9 Å². The van der Waals surface area contributed by atoms with Crippen LogP contribution < -0.4 is 0 Å². The highest BCUT2D eigenvalue weighted by atomic mass is 16.7. The van der Waals surface area contributed by atoms with Gasteiger partial charge in [0.15, 0.2) is 6.10 Å². The van der Waals surface area contributed by atoms with E-state index in [9.17, 15) is 19.5 Å². The molecule has 2 atom stereocenters. The van der Waals surface area contributed by atoms with E-state index in [-0.39, 0.29) is 32.2 Å². The van der Waals surface area contributed by atoms with Crippen LogP contribution in [0.1, 0.15) is 348 Å². The van der Waals surface area contributed by atoms with Gasteiger partial charge in [-0.15, -0.1) is 0 Å². The summed E-state index contributed by atoms with van der Waals surface area (Å²) < 4.78 is 22.9. The van der Waals surface area contributed by atoms with Crippen molar-refractivity contribution in [1.29, 1.82) is 0 Å². The van der Waals surface area contributed by atoms with E-state index in [0.29, 0.717) is 23.9 Å². The first-order chi connectivity index (χ1) is 37.6. The van der Waals surface area contributed by atoms with Gasteiger partial charge < -0.3 is 28.5 Å². The molecule has 0 rings (SSSR count). The summed E-state index contributed by atoms with van der Waals surface area (Å²) in [5.41, 5.74) is 0. The van der Waals surface area contributed by atoms with E-state index >= 15 is 0 Å². The first kappa shape index (κ1) is 75.0. The van der Waals surface area contributed by atoms with E-state index in [0.717, 1.165) is 51.4 Å². The lowest BCUT2D eigenvalue weighted by Crippen LogP contribution is -2.40. The summed E-state index contributed by atoms with van der Waals surface area (Å²) in [6, 6.07) is 0. The van der Waals surface area contributed by atoms with E-state index < -0.39 is 24.3 Å². The third kappa shape index (κ3) is 61.5. The molecule has 0 fully saturated rings. The van der Waals surface area contributed by atoms with Crippen LogP contribution in [0.5, 0.6) is 0 Å². The normalized spacial score (nSPS) is 12.7. The number of allylic oxidation sites excluding steroid dienone is 2. The molecule has 1 N–H and O–H groups in total. The number of hydrogen-bond acceptors (Lipinski definition) is 7. The second kappa shape index (κ2) is 60.1. The molecule has 0 aromatic heterocycles. The maximum absolute atomic E-state index is 12.8. The number of likely N-dealkylation sites (N-methyl/N-ethyl adjacent to an activating group) is 1. The molecule has 9 nitrogen and oxygen atoms in total. The zero-order valence-electron chi connectivity index (χ0n) is 52.2. The highest BCUT2D eigenvalue weighted by molar-refractivity contribution is 5.71. The van der Waals surface area contributed by atoms with E-state index in [1.54, 1.807) is 0 Å². The van der Waals surface area contributed by atoms with Gasteiger partial charge in [0.2, 0.25) is 0 Å². The zero-order valence-corrected chi connectivity index (χ0v) is 52.2. The second-order valence-electron chi connectivity index (χ2n) is 24.5. The van der Waals surface area contributed by atoms with Crippen LogP contribution in [-0.2, 0) is 33.3 Å². The van der Waals surface area contributed by atoms with Crippen LogP contribution in [-0.4, -0.2) is 87.4 Å². The van der Waals surface area contributed by atoms with Crippen molar-refractivity contribution < 1.29 is 42.9 Å². The molecule has 0 aromatic carbocycles. The molecule has 0 heterocycles. The van der Waals surface area contributed by atoms with Crippen LogP contribution in [0.15, 0.2) is 12.2 Å². The van der Waals surface area contributed by atoms with Crippen molar-refractivity contribution in [1.82, 2.24) is 0 Å². The third-order valence-electron chi connectivity index (χ3n) is 15.5. The number of ether oxygens (including phenoxy) is 4. The van der Waals surface area contributed by atoms with Crippen molar-refractivity contribution in [3.8, 4) is 0 Å². The molecule has 0 amide bonds. The number of carboxylic acids is 1. The Hall–Kier alpha value is -1.97. The molecule has 0 saturated carbocycles. The lowest BCUT2D eigenvalue weighted by molar-refractivity contribution is -0.870. The standard InChI is InChI=1S/C68H131NO8/c1-6-8-10-12-14-16-18-20-22-23-24-25-26-27-28-29-30-31-32-33-34-35-36-37-38-39-40-41-42-43-44-45-47-48-50-52-54-56-58-65(70)75-62-64(63-76-68(67(72)73)74-61-60-69(3,4)5)77-66(71)59-57-55-53-51-49-46-21-19-17-15-13-11-9-7-2/h19,21,64,68H,6-18,20,22-63H2,1-5H3/p+1/b21-19-. The molecule has 0 aromatic rings. The van der Waals surface area contributed by atoms with Gasteiger partial charge >= 0.3 is 17.9 Å². The molecule has 0 aliphatic carbocycles. The van der Waals surface area contributed by atoms with E-state index in [2.05, 4.69) is 26.0 Å². The Bertz CT molecular complexity index is 1270. The maximum Gasteiger partial charge on any atom is 0.361 e. The Kier molecular flexibility index (Phi) is 58.6. The summed E-state index contributed by atoms with van der Waals surface area (Å²) in [5, 5.41) is 9.70. The Balaban J connectivity index is 3.88. The van der Waals surface area contributed by atoms with Crippen molar-refractivity contribution in [3.63, 3.8) is 0 Å². The number of carbonyl (C=O) groups excluding carboxylic acids is 2. The van der Waals surface area contributed by atoms with Crippen LogP contribution in [0.25, 0.3) is 0 Å². The second-order valence-corrected chi connectivity index (χ2v) is 24.5. The Morgan fingerprint density at radius 2 is 0.662 bits per heavy atom. The number of hydrogen-bond donors (Lipinski definition) is 1. The number of carboxylic acid groups (broad SMARTS) is 1. The van der Waals surface area contributed by atoms with E-state index in [4.69, 9.17) is 18.9 Å². The minimum absolute atomic E-state index is 0.179. The quantitative estimate of drug-likeness (QED) is 0.0211. The molecule has 9 heteroatoms. The predicted octanol–water partition coefficient (Wildman–Crippen LogP) is 20.5. The van der Waals surface area contributed by atoms with Crippen LogP contribution in [0.3, 0.4) is 0 Å². The summed E-state index contributed by atoms with van der Waals surface area (Å²) in [4.78, 5) is 37.4. The van der Waals surface area contributed by atoms with Gasteiger partial charge in [-0.2, -0.15) is 0 Å². The lowest BCUT2D eigenvalue weighted by Gasteiger charge is -2.25. The maximum atomic E-state index is 12.8. The van der Waals surface area contributed by atoms with E-state index in [1.165, 1.54) is 263 Å². The highest BCUT2D eigenvalue weighted by Crippen LogP contribution is 2.19. The summed E-state index contributed by atoms with van der Waals surface area (Å²) in [6.07, 6.45) is 69.3. The molecule has 0 aliphatic heterocycles.